The zero-order chi connectivity index (χ0) is 21.3. The molecule has 0 amide bonds. The predicted molar refractivity (Wildman–Crippen MR) is 128 cm³/mol. The molecule has 1 heterocycles. The van der Waals surface area contributed by atoms with Gasteiger partial charge in [-0.2, -0.15) is 0 Å². The van der Waals surface area contributed by atoms with Crippen LogP contribution >= 0.6 is 0 Å². The average Bonchev–Trinajstić information content (AvgIpc) is 3.14. The molecule has 0 fully saturated rings. The Balaban J connectivity index is 1.54. The Hall–Kier alpha value is -2.52. The summed E-state index contributed by atoms with van der Waals surface area (Å²) in [5, 5.41) is 2.50. The van der Waals surface area contributed by atoms with Crippen LogP contribution in [0.2, 0.25) is 0 Å². The second-order valence-electron chi connectivity index (χ2n) is 9.71. The summed E-state index contributed by atoms with van der Waals surface area (Å²) in [6.45, 7) is 9.61. The van der Waals surface area contributed by atoms with Gasteiger partial charge in [0.25, 0.3) is 0 Å². The lowest BCUT2D eigenvalue weighted by molar-refractivity contribution is 0.141. The van der Waals surface area contributed by atoms with E-state index in [-0.39, 0.29) is 5.41 Å². The summed E-state index contributed by atoms with van der Waals surface area (Å²) in [6.07, 6.45) is 1.13. The van der Waals surface area contributed by atoms with Crippen LogP contribution in [-0.2, 0) is 6.42 Å². The van der Waals surface area contributed by atoms with Crippen LogP contribution in [0.3, 0.4) is 0 Å². The van der Waals surface area contributed by atoms with Gasteiger partial charge < -0.3 is 14.5 Å². The lowest BCUT2D eigenvalue weighted by Gasteiger charge is -2.28. The molecule has 0 saturated carbocycles. The summed E-state index contributed by atoms with van der Waals surface area (Å²) in [4.78, 5) is 4.74. The lowest BCUT2D eigenvalue weighted by Crippen LogP contribution is -2.33. The lowest BCUT2D eigenvalue weighted by atomic mass is 9.94. The minimum Gasteiger partial charge on any atom is -0.493 e. The molecule has 0 radical (unpaired) electrons. The van der Waals surface area contributed by atoms with Crippen molar-refractivity contribution in [2.24, 2.45) is 5.41 Å². The van der Waals surface area contributed by atoms with E-state index in [9.17, 15) is 0 Å². The van der Waals surface area contributed by atoms with Crippen LogP contribution in [0.1, 0.15) is 37.9 Å². The van der Waals surface area contributed by atoms with Crippen molar-refractivity contribution in [2.75, 3.05) is 38.7 Å². The van der Waals surface area contributed by atoms with E-state index in [0.29, 0.717) is 12.6 Å². The SMILES string of the molecule is C[C@@H](c1ccc2ccc(OCC(C)(C)CN(C)C)cc2c1)N1CCc2ccccc21. The molecule has 0 aliphatic carbocycles. The van der Waals surface area contributed by atoms with Crippen LogP contribution in [0.25, 0.3) is 10.8 Å². The van der Waals surface area contributed by atoms with Crippen molar-refractivity contribution in [2.45, 2.75) is 33.2 Å². The highest BCUT2D eigenvalue weighted by molar-refractivity contribution is 5.84. The van der Waals surface area contributed by atoms with Crippen molar-refractivity contribution in [1.29, 1.82) is 0 Å². The molecule has 1 atom stereocenters. The van der Waals surface area contributed by atoms with E-state index in [1.165, 1.54) is 27.6 Å². The summed E-state index contributed by atoms with van der Waals surface area (Å²) < 4.78 is 6.19. The Morgan fingerprint density at radius 2 is 1.77 bits per heavy atom. The van der Waals surface area contributed by atoms with E-state index in [1.807, 2.05) is 0 Å². The first-order valence-electron chi connectivity index (χ1n) is 11.0. The van der Waals surface area contributed by atoms with E-state index in [0.717, 1.165) is 25.3 Å². The fourth-order valence-corrected chi connectivity index (χ4v) is 4.72. The molecule has 0 bridgehead atoms. The molecule has 1 aliphatic heterocycles. The van der Waals surface area contributed by atoms with E-state index in [4.69, 9.17) is 4.74 Å². The minimum absolute atomic E-state index is 0.109. The van der Waals surface area contributed by atoms with Gasteiger partial charge in [-0.1, -0.05) is 50.2 Å². The Morgan fingerprint density at radius 3 is 2.57 bits per heavy atom. The normalized spacial score (nSPS) is 14.9. The Morgan fingerprint density at radius 1 is 1.00 bits per heavy atom. The molecule has 0 saturated heterocycles. The molecule has 3 heteroatoms. The van der Waals surface area contributed by atoms with Gasteiger partial charge in [-0.25, -0.2) is 0 Å². The topological polar surface area (TPSA) is 15.7 Å². The molecule has 3 nitrogen and oxygen atoms in total. The summed E-state index contributed by atoms with van der Waals surface area (Å²) >= 11 is 0. The molecule has 3 aromatic carbocycles. The molecule has 158 valence electrons. The van der Waals surface area contributed by atoms with Gasteiger partial charge in [-0.15, -0.1) is 0 Å². The number of hydrogen-bond donors (Lipinski definition) is 0. The maximum absolute atomic E-state index is 6.19. The predicted octanol–water partition coefficient (Wildman–Crippen LogP) is 5.93. The quantitative estimate of drug-likeness (QED) is 0.487. The summed E-state index contributed by atoms with van der Waals surface area (Å²) in [5.41, 5.74) is 4.30. The van der Waals surface area contributed by atoms with Gasteiger partial charge in [0.05, 0.1) is 12.6 Å². The van der Waals surface area contributed by atoms with Gasteiger partial charge >= 0.3 is 0 Å². The summed E-state index contributed by atoms with van der Waals surface area (Å²) in [6, 6.07) is 22.4. The van der Waals surface area contributed by atoms with Crippen LogP contribution in [0.4, 0.5) is 5.69 Å². The maximum Gasteiger partial charge on any atom is 0.119 e. The largest absolute Gasteiger partial charge is 0.493 e. The van der Waals surface area contributed by atoms with Gasteiger partial charge in [0.1, 0.15) is 5.75 Å². The molecule has 0 spiro atoms. The number of anilines is 1. The van der Waals surface area contributed by atoms with Crippen molar-refractivity contribution in [3.05, 3.63) is 71.8 Å². The Bertz CT molecular complexity index is 1020. The first kappa shape index (κ1) is 20.7. The highest BCUT2D eigenvalue weighted by atomic mass is 16.5. The number of nitrogens with zero attached hydrogens (tertiary/aromatic N) is 2. The third-order valence-electron chi connectivity index (χ3n) is 6.08. The van der Waals surface area contributed by atoms with Crippen LogP contribution in [0.5, 0.6) is 5.75 Å². The molecule has 0 unspecified atom stereocenters. The molecule has 0 N–H and O–H groups in total. The molecule has 30 heavy (non-hydrogen) atoms. The van der Waals surface area contributed by atoms with E-state index in [1.54, 1.807) is 0 Å². The van der Waals surface area contributed by atoms with E-state index >= 15 is 0 Å². The van der Waals surface area contributed by atoms with Crippen LogP contribution in [0, 0.1) is 5.41 Å². The Labute approximate surface area is 181 Å². The molecular formula is C27H34N2O. The van der Waals surface area contributed by atoms with Gasteiger partial charge in [0.2, 0.25) is 0 Å². The summed E-state index contributed by atoms with van der Waals surface area (Å²) in [5.74, 6) is 0.950. The van der Waals surface area contributed by atoms with Crippen LogP contribution < -0.4 is 9.64 Å². The summed E-state index contributed by atoms with van der Waals surface area (Å²) in [7, 11) is 4.22. The van der Waals surface area contributed by atoms with Crippen molar-refractivity contribution in [1.82, 2.24) is 4.90 Å². The van der Waals surface area contributed by atoms with E-state index < -0.39 is 0 Å². The first-order valence-corrected chi connectivity index (χ1v) is 11.0. The van der Waals surface area contributed by atoms with Gasteiger partial charge in [-0.05, 0) is 73.6 Å². The van der Waals surface area contributed by atoms with Crippen molar-refractivity contribution < 1.29 is 4.74 Å². The molecule has 1 aliphatic rings. The highest BCUT2D eigenvalue weighted by Crippen LogP contribution is 2.36. The molecular weight excluding hydrogens is 368 g/mol. The zero-order valence-electron chi connectivity index (χ0n) is 19.0. The monoisotopic (exact) mass is 402 g/mol. The number of para-hydroxylation sites is 1. The maximum atomic E-state index is 6.19. The zero-order valence-corrected chi connectivity index (χ0v) is 19.0. The smallest absolute Gasteiger partial charge is 0.119 e. The number of benzene rings is 3. The number of hydrogen-bond acceptors (Lipinski definition) is 3. The minimum atomic E-state index is 0.109. The Kier molecular flexibility index (Phi) is 5.75. The fourth-order valence-electron chi connectivity index (χ4n) is 4.72. The van der Waals surface area contributed by atoms with Crippen LogP contribution in [0.15, 0.2) is 60.7 Å². The third kappa shape index (κ3) is 4.46. The standard InChI is InChI=1S/C27H34N2O/c1-20(29-15-14-22-8-6-7-9-26(22)29)23-11-10-21-12-13-25(17-24(21)16-23)30-19-27(2,3)18-28(4)5/h6-13,16-17,20H,14-15,18-19H2,1-5H3/t20-/m0/s1. The first-order chi connectivity index (χ1) is 14.3. The van der Waals surface area contributed by atoms with E-state index in [2.05, 4.69) is 105 Å². The average molecular weight is 403 g/mol. The van der Waals surface area contributed by atoms with Gasteiger partial charge in [0, 0.05) is 24.2 Å². The third-order valence-corrected chi connectivity index (χ3v) is 6.08. The number of rotatable bonds is 7. The molecule has 4 rings (SSSR count). The van der Waals surface area contributed by atoms with Crippen molar-refractivity contribution in [3.8, 4) is 5.75 Å². The van der Waals surface area contributed by atoms with Gasteiger partial charge in [0.15, 0.2) is 0 Å². The second kappa shape index (κ2) is 8.31. The van der Waals surface area contributed by atoms with Crippen LogP contribution in [-0.4, -0.2) is 38.7 Å². The number of ether oxygens (including phenoxy) is 1. The highest BCUT2D eigenvalue weighted by Gasteiger charge is 2.24. The van der Waals surface area contributed by atoms with Crippen molar-refractivity contribution in [3.63, 3.8) is 0 Å². The molecule has 3 aromatic rings. The van der Waals surface area contributed by atoms with Crippen molar-refractivity contribution >= 4 is 16.5 Å². The van der Waals surface area contributed by atoms with Gasteiger partial charge in [-0.3, -0.25) is 0 Å². The molecule has 0 aromatic heterocycles. The fraction of sp³-hybridized carbons (Fsp3) is 0.407. The number of fused-ring (bicyclic) bond motifs is 2. The second-order valence-corrected chi connectivity index (χ2v) is 9.71.